The number of rotatable bonds is 3. The Balaban J connectivity index is 1.48. The van der Waals surface area contributed by atoms with Gasteiger partial charge in [0.2, 0.25) is 0 Å². The van der Waals surface area contributed by atoms with E-state index in [4.69, 9.17) is 10.00 Å². The molecule has 144 valence electrons. The molecule has 1 saturated carbocycles. The highest BCUT2D eigenvalue weighted by Crippen LogP contribution is 2.40. The predicted octanol–water partition coefficient (Wildman–Crippen LogP) is 4.04. The highest BCUT2D eigenvalue weighted by atomic mass is 16.5. The number of ether oxygens (including phenoxy) is 1. The summed E-state index contributed by atoms with van der Waals surface area (Å²) in [6.45, 7) is 2.24. The van der Waals surface area contributed by atoms with Crippen LogP contribution in [0.2, 0.25) is 0 Å². The zero-order valence-electron chi connectivity index (χ0n) is 15.8. The molecule has 0 radical (unpaired) electrons. The van der Waals surface area contributed by atoms with Crippen LogP contribution in [0, 0.1) is 18.3 Å². The number of benzene rings is 2. The molecule has 2 aromatic rings. The fraction of sp³-hybridized carbons (Fsp3) is 0.364. The molecular weight excluding hydrogens is 354 g/mol. The number of carbonyl (C=O) groups is 1. The summed E-state index contributed by atoms with van der Waals surface area (Å²) < 4.78 is 5.79. The number of anilines is 2. The van der Waals surface area contributed by atoms with Gasteiger partial charge in [0.05, 0.1) is 23.9 Å². The number of amides is 1. The van der Waals surface area contributed by atoms with Gasteiger partial charge in [-0.05, 0) is 55.0 Å². The molecule has 1 aliphatic heterocycles. The molecule has 2 aliphatic rings. The fourth-order valence-electron chi connectivity index (χ4n) is 4.01. The van der Waals surface area contributed by atoms with Crippen molar-refractivity contribution in [2.24, 2.45) is 0 Å². The van der Waals surface area contributed by atoms with Gasteiger partial charge in [-0.25, -0.2) is 0 Å². The van der Waals surface area contributed by atoms with E-state index >= 15 is 0 Å². The Bertz CT molecular complexity index is 958. The first kappa shape index (κ1) is 18.2. The first-order valence-corrected chi connectivity index (χ1v) is 9.64. The van der Waals surface area contributed by atoms with Crippen LogP contribution in [0.25, 0.3) is 0 Å². The molecule has 1 aliphatic carbocycles. The summed E-state index contributed by atoms with van der Waals surface area (Å²) in [7, 11) is 0. The maximum Gasteiger partial charge on any atom is 0.267 e. The van der Waals surface area contributed by atoms with Gasteiger partial charge in [0.25, 0.3) is 5.91 Å². The molecular formula is C22H23N3O3. The Morgan fingerprint density at radius 2 is 2.07 bits per heavy atom. The second kappa shape index (κ2) is 7.43. The minimum absolute atomic E-state index is 0.241. The molecule has 6 nitrogen and oxygen atoms in total. The van der Waals surface area contributed by atoms with Crippen molar-refractivity contribution >= 4 is 17.3 Å². The van der Waals surface area contributed by atoms with Gasteiger partial charge in [-0.15, -0.1) is 0 Å². The summed E-state index contributed by atoms with van der Waals surface area (Å²) in [4.78, 5) is 12.7. The minimum Gasteiger partial charge on any atom is -0.508 e. The number of nitrogens with zero attached hydrogens (tertiary/aromatic N) is 1. The number of nitriles is 1. The van der Waals surface area contributed by atoms with Crippen molar-refractivity contribution in [3.63, 3.8) is 0 Å². The molecule has 28 heavy (non-hydrogen) atoms. The predicted molar refractivity (Wildman–Crippen MR) is 107 cm³/mol. The van der Waals surface area contributed by atoms with Gasteiger partial charge in [0, 0.05) is 11.8 Å². The fourth-order valence-corrected chi connectivity index (χ4v) is 4.01. The van der Waals surface area contributed by atoms with E-state index in [1.165, 1.54) is 12.8 Å². The summed E-state index contributed by atoms with van der Waals surface area (Å²) in [5, 5.41) is 25.5. The van der Waals surface area contributed by atoms with E-state index in [-0.39, 0.29) is 11.7 Å². The number of nitrogens with one attached hydrogen (secondary N) is 2. The van der Waals surface area contributed by atoms with Crippen molar-refractivity contribution in [1.82, 2.24) is 0 Å². The number of fused-ring (bicyclic) bond motifs is 1. The van der Waals surface area contributed by atoms with Crippen LogP contribution >= 0.6 is 0 Å². The normalized spacial score (nSPS) is 18.5. The first-order chi connectivity index (χ1) is 13.5. The molecule has 1 atom stereocenters. The highest BCUT2D eigenvalue weighted by molar-refractivity contribution is 5.96. The topological polar surface area (TPSA) is 94.4 Å². The first-order valence-electron chi connectivity index (χ1n) is 9.64. The molecule has 0 saturated heterocycles. The van der Waals surface area contributed by atoms with Crippen LogP contribution in [0.5, 0.6) is 11.5 Å². The molecule has 4 rings (SSSR count). The zero-order chi connectivity index (χ0) is 19.7. The Kier molecular flexibility index (Phi) is 4.82. The molecule has 6 heteroatoms. The molecule has 0 unspecified atom stereocenters. The smallest absolute Gasteiger partial charge is 0.267 e. The van der Waals surface area contributed by atoms with Crippen molar-refractivity contribution < 1.29 is 14.6 Å². The van der Waals surface area contributed by atoms with Crippen molar-refractivity contribution in [3.8, 4) is 17.6 Å². The lowest BCUT2D eigenvalue weighted by Crippen LogP contribution is -2.41. The van der Waals surface area contributed by atoms with Crippen molar-refractivity contribution in [2.75, 3.05) is 17.2 Å². The molecule has 2 aromatic carbocycles. The number of aromatic hydroxyl groups is 1. The number of phenols is 1. The second-order valence-electron chi connectivity index (χ2n) is 7.51. The van der Waals surface area contributed by atoms with Crippen LogP contribution in [0.3, 0.4) is 0 Å². The van der Waals surface area contributed by atoms with Gasteiger partial charge in [-0.1, -0.05) is 18.9 Å². The van der Waals surface area contributed by atoms with Crippen molar-refractivity contribution in [3.05, 3.63) is 47.0 Å². The van der Waals surface area contributed by atoms with E-state index in [0.29, 0.717) is 35.2 Å². The van der Waals surface area contributed by atoms with Gasteiger partial charge in [0.15, 0.2) is 6.10 Å². The van der Waals surface area contributed by atoms with Crippen LogP contribution in [0.1, 0.15) is 48.3 Å². The van der Waals surface area contributed by atoms with E-state index in [9.17, 15) is 9.90 Å². The maximum absolute atomic E-state index is 12.7. The van der Waals surface area contributed by atoms with Crippen LogP contribution in [-0.4, -0.2) is 23.7 Å². The molecule has 0 spiro atoms. The van der Waals surface area contributed by atoms with Crippen LogP contribution < -0.4 is 15.4 Å². The van der Waals surface area contributed by atoms with Crippen molar-refractivity contribution in [1.29, 1.82) is 5.26 Å². The van der Waals surface area contributed by atoms with Gasteiger partial charge >= 0.3 is 0 Å². The van der Waals surface area contributed by atoms with Gasteiger partial charge in [0.1, 0.15) is 11.5 Å². The summed E-state index contributed by atoms with van der Waals surface area (Å²) >= 11 is 0. The largest absolute Gasteiger partial charge is 0.508 e. The lowest BCUT2D eigenvalue weighted by atomic mass is 9.94. The monoisotopic (exact) mass is 377 g/mol. The van der Waals surface area contributed by atoms with Crippen LogP contribution in [0.15, 0.2) is 30.3 Å². The lowest BCUT2D eigenvalue weighted by Gasteiger charge is -2.27. The summed E-state index contributed by atoms with van der Waals surface area (Å²) in [6.07, 6.45) is 3.91. The molecule has 3 N–H and O–H groups in total. The van der Waals surface area contributed by atoms with Crippen LogP contribution in [-0.2, 0) is 4.79 Å². The van der Waals surface area contributed by atoms with E-state index < -0.39 is 6.10 Å². The summed E-state index contributed by atoms with van der Waals surface area (Å²) in [6, 6.07) is 10.8. The Hall–Kier alpha value is -3.20. The standard InChI is InChI=1S/C22H23N3O3/c1-13-8-16(15-4-2-3-5-15)19(26)10-17(13)25-22(27)21-12-24-18-9-14(11-23)6-7-20(18)28-21/h6-10,15,21,24,26H,2-5,12H2,1H3,(H,25,27)/t21-/m0/s1. The molecule has 1 fully saturated rings. The maximum atomic E-state index is 12.7. The number of phenolic OH excluding ortho intramolecular Hbond substituents is 1. The number of aryl methyl sites for hydroxylation is 1. The van der Waals surface area contributed by atoms with E-state index in [1.54, 1.807) is 24.3 Å². The van der Waals surface area contributed by atoms with E-state index in [0.717, 1.165) is 24.0 Å². The third-order valence-corrected chi connectivity index (χ3v) is 5.57. The van der Waals surface area contributed by atoms with Crippen molar-refractivity contribution in [2.45, 2.75) is 44.6 Å². The highest BCUT2D eigenvalue weighted by Gasteiger charge is 2.27. The average molecular weight is 377 g/mol. The number of hydrogen-bond acceptors (Lipinski definition) is 5. The molecule has 1 amide bonds. The Morgan fingerprint density at radius 3 is 2.82 bits per heavy atom. The average Bonchev–Trinajstić information content (AvgIpc) is 3.24. The van der Waals surface area contributed by atoms with Crippen LogP contribution in [0.4, 0.5) is 11.4 Å². The lowest BCUT2D eigenvalue weighted by molar-refractivity contribution is -0.122. The molecule has 0 bridgehead atoms. The Morgan fingerprint density at radius 1 is 1.29 bits per heavy atom. The number of carbonyl (C=O) groups excluding carboxylic acids is 1. The minimum atomic E-state index is -0.698. The Labute approximate surface area is 164 Å². The molecule has 1 heterocycles. The molecule has 0 aromatic heterocycles. The zero-order valence-corrected chi connectivity index (χ0v) is 15.8. The van der Waals surface area contributed by atoms with Gasteiger partial charge in [-0.2, -0.15) is 5.26 Å². The third-order valence-electron chi connectivity index (χ3n) is 5.57. The summed E-state index contributed by atoms with van der Waals surface area (Å²) in [5.74, 6) is 0.911. The summed E-state index contributed by atoms with van der Waals surface area (Å²) in [5.41, 5.74) is 3.74. The quantitative estimate of drug-likeness (QED) is 0.750. The van der Waals surface area contributed by atoms with E-state index in [1.807, 2.05) is 13.0 Å². The van der Waals surface area contributed by atoms with Gasteiger partial charge < -0.3 is 20.5 Å². The third kappa shape index (κ3) is 3.48. The SMILES string of the molecule is Cc1cc(C2CCCC2)c(O)cc1NC(=O)[C@@H]1CNc2cc(C#N)ccc2O1. The van der Waals surface area contributed by atoms with Gasteiger partial charge in [-0.3, -0.25) is 4.79 Å². The number of hydrogen-bond donors (Lipinski definition) is 3. The second-order valence-corrected chi connectivity index (χ2v) is 7.51. The van der Waals surface area contributed by atoms with E-state index in [2.05, 4.69) is 16.7 Å².